The summed E-state index contributed by atoms with van der Waals surface area (Å²) in [6.45, 7) is 3.60. The van der Waals surface area contributed by atoms with Crippen LogP contribution in [0.2, 0.25) is 17.9 Å². The largest absolute Gasteiger partial charge is 0.346 e. The molecule has 0 aromatic carbocycles. The minimum Gasteiger partial charge on any atom is -0.336 e. The summed E-state index contributed by atoms with van der Waals surface area (Å²) in [6.07, 6.45) is 6.62. The van der Waals surface area contributed by atoms with E-state index in [1.807, 2.05) is 6.92 Å². The summed E-state index contributed by atoms with van der Waals surface area (Å²) in [6, 6.07) is 0. The zero-order valence-corrected chi connectivity index (χ0v) is 8.41. The van der Waals surface area contributed by atoms with Crippen LogP contribution in [-0.2, 0) is 0 Å². The van der Waals surface area contributed by atoms with Gasteiger partial charge in [-0.15, -0.1) is 0 Å². The molecular formula is C9H19B2F. The lowest BCUT2D eigenvalue weighted by molar-refractivity contribution is 0.664. The lowest BCUT2D eigenvalue weighted by Gasteiger charge is -2.28. The number of halogens is 1. The quantitative estimate of drug-likeness (QED) is 0.565. The van der Waals surface area contributed by atoms with Crippen LogP contribution in [0.25, 0.3) is 0 Å². The van der Waals surface area contributed by atoms with Gasteiger partial charge in [-0.2, -0.15) is 0 Å². The van der Waals surface area contributed by atoms with E-state index in [9.17, 15) is 4.32 Å². The van der Waals surface area contributed by atoms with E-state index in [-0.39, 0.29) is 5.21 Å². The highest BCUT2D eigenvalue weighted by atomic mass is 19.1. The Morgan fingerprint density at radius 1 is 1.33 bits per heavy atom. The zero-order valence-electron chi connectivity index (χ0n) is 8.41. The van der Waals surface area contributed by atoms with Gasteiger partial charge in [-0.25, -0.2) is 0 Å². The van der Waals surface area contributed by atoms with Crippen LogP contribution in [0.5, 0.6) is 0 Å². The van der Waals surface area contributed by atoms with Crippen LogP contribution < -0.4 is 0 Å². The molecule has 0 spiro atoms. The number of hydrogen-bond donors (Lipinski definition) is 0. The van der Waals surface area contributed by atoms with Gasteiger partial charge < -0.3 is 4.32 Å². The van der Waals surface area contributed by atoms with Crippen molar-refractivity contribution in [3.05, 3.63) is 0 Å². The molecule has 1 aliphatic carbocycles. The minimum absolute atomic E-state index is 0.0868. The van der Waals surface area contributed by atoms with Crippen molar-refractivity contribution < 1.29 is 4.32 Å². The van der Waals surface area contributed by atoms with Crippen LogP contribution in [0.15, 0.2) is 0 Å². The molecule has 0 aromatic heterocycles. The first kappa shape index (κ1) is 10.1. The molecule has 0 amide bonds. The van der Waals surface area contributed by atoms with Crippen LogP contribution in [-0.4, -0.2) is 14.3 Å². The van der Waals surface area contributed by atoms with Crippen molar-refractivity contribution in [2.45, 2.75) is 57.4 Å². The van der Waals surface area contributed by atoms with E-state index in [0.29, 0.717) is 6.32 Å². The Kier molecular flexibility index (Phi) is 3.67. The molecule has 0 bridgehead atoms. The molecule has 12 heavy (non-hydrogen) atoms. The highest BCUT2D eigenvalue weighted by molar-refractivity contribution is 6.70. The fourth-order valence-electron chi connectivity index (χ4n) is 2.73. The van der Waals surface area contributed by atoms with Gasteiger partial charge in [0.15, 0.2) is 0 Å². The van der Waals surface area contributed by atoms with Crippen LogP contribution in [0.4, 0.5) is 4.32 Å². The average molecular weight is 168 g/mol. The molecule has 0 saturated heterocycles. The predicted octanol–water partition coefficient (Wildman–Crippen LogP) is 3.11. The summed E-state index contributed by atoms with van der Waals surface area (Å²) in [7, 11) is 1.10. The van der Waals surface area contributed by atoms with Gasteiger partial charge in [-0.3, -0.25) is 0 Å². The standard InChI is InChI=1S/C9H19B2F/c1-3-10-9(11(12)4-2)7-5-6-8-9/h10H,3-8H2,1-2H3. The van der Waals surface area contributed by atoms with Gasteiger partial charge >= 0.3 is 6.99 Å². The van der Waals surface area contributed by atoms with E-state index < -0.39 is 6.99 Å². The first-order valence-electron chi connectivity index (χ1n) is 5.39. The van der Waals surface area contributed by atoms with Crippen molar-refractivity contribution in [3.8, 4) is 0 Å². The average Bonchev–Trinajstić information content (AvgIpc) is 2.53. The molecule has 1 aliphatic rings. The first-order valence-corrected chi connectivity index (χ1v) is 5.39. The van der Waals surface area contributed by atoms with Gasteiger partial charge in [0, 0.05) is 0 Å². The third-order valence-corrected chi connectivity index (χ3v) is 3.37. The Morgan fingerprint density at radius 3 is 2.33 bits per heavy atom. The van der Waals surface area contributed by atoms with Crippen molar-refractivity contribution in [2.75, 3.05) is 0 Å². The molecule has 0 aromatic rings. The lowest BCUT2D eigenvalue weighted by Crippen LogP contribution is -2.31. The van der Waals surface area contributed by atoms with Crippen molar-refractivity contribution >= 4 is 14.3 Å². The smallest absolute Gasteiger partial charge is 0.336 e. The summed E-state index contributed by atoms with van der Waals surface area (Å²) < 4.78 is 13.7. The SMILES string of the molecule is CCBC1(B(F)CC)CCCC1. The first-order chi connectivity index (χ1) is 5.75. The Morgan fingerprint density at radius 2 is 1.92 bits per heavy atom. The summed E-state index contributed by atoms with van der Waals surface area (Å²) in [4.78, 5) is 0. The summed E-state index contributed by atoms with van der Waals surface area (Å²) in [5, 5.41) is 0.0868. The summed E-state index contributed by atoms with van der Waals surface area (Å²) in [5.41, 5.74) is 0. The molecule has 3 heteroatoms. The van der Waals surface area contributed by atoms with E-state index in [1.54, 1.807) is 0 Å². The van der Waals surface area contributed by atoms with Crippen LogP contribution >= 0.6 is 0 Å². The van der Waals surface area contributed by atoms with E-state index in [0.717, 1.165) is 26.4 Å². The zero-order chi connectivity index (χ0) is 9.03. The van der Waals surface area contributed by atoms with Gasteiger partial charge in [0.1, 0.15) is 7.28 Å². The molecule has 68 valence electrons. The van der Waals surface area contributed by atoms with Gasteiger partial charge in [-0.1, -0.05) is 45.9 Å². The Bertz CT molecular complexity index is 132. The van der Waals surface area contributed by atoms with E-state index in [4.69, 9.17) is 0 Å². The summed E-state index contributed by atoms with van der Waals surface area (Å²) in [5.74, 6) is 0. The number of hydrogen-bond acceptors (Lipinski definition) is 0. The maximum atomic E-state index is 13.7. The fourth-order valence-corrected chi connectivity index (χ4v) is 2.73. The van der Waals surface area contributed by atoms with Crippen molar-refractivity contribution in [3.63, 3.8) is 0 Å². The number of rotatable bonds is 4. The highest BCUT2D eigenvalue weighted by Gasteiger charge is 2.43. The van der Waals surface area contributed by atoms with Gasteiger partial charge in [-0.05, 0) is 11.5 Å². The molecule has 1 rings (SSSR count). The van der Waals surface area contributed by atoms with Crippen LogP contribution in [0.3, 0.4) is 0 Å². The molecule has 0 N–H and O–H groups in total. The van der Waals surface area contributed by atoms with E-state index in [2.05, 4.69) is 6.92 Å². The maximum absolute atomic E-state index is 13.7. The topological polar surface area (TPSA) is 0 Å². The molecule has 0 unspecified atom stereocenters. The highest BCUT2D eigenvalue weighted by Crippen LogP contribution is 2.48. The fraction of sp³-hybridized carbons (Fsp3) is 1.00. The molecule has 1 saturated carbocycles. The second-order valence-corrected chi connectivity index (χ2v) is 4.20. The third-order valence-electron chi connectivity index (χ3n) is 3.37. The van der Waals surface area contributed by atoms with Crippen molar-refractivity contribution in [1.29, 1.82) is 0 Å². The van der Waals surface area contributed by atoms with E-state index >= 15 is 0 Å². The third kappa shape index (κ3) is 1.86. The molecule has 0 heterocycles. The van der Waals surface area contributed by atoms with Crippen molar-refractivity contribution in [2.24, 2.45) is 0 Å². The van der Waals surface area contributed by atoms with Gasteiger partial charge in [0.25, 0.3) is 0 Å². The van der Waals surface area contributed by atoms with Crippen LogP contribution in [0, 0.1) is 0 Å². The molecule has 0 radical (unpaired) electrons. The van der Waals surface area contributed by atoms with Crippen molar-refractivity contribution in [1.82, 2.24) is 0 Å². The Labute approximate surface area is 76.7 Å². The molecule has 0 atom stereocenters. The normalized spacial score (nSPS) is 20.9. The lowest BCUT2D eigenvalue weighted by atomic mass is 9.29. The van der Waals surface area contributed by atoms with Crippen LogP contribution in [0.1, 0.15) is 39.5 Å². The second kappa shape index (κ2) is 4.34. The van der Waals surface area contributed by atoms with Gasteiger partial charge in [0.2, 0.25) is 0 Å². The monoisotopic (exact) mass is 168 g/mol. The molecule has 0 nitrogen and oxygen atoms in total. The second-order valence-electron chi connectivity index (χ2n) is 4.20. The van der Waals surface area contributed by atoms with Gasteiger partial charge in [0.05, 0.1) is 0 Å². The molecular weight excluding hydrogens is 149 g/mol. The summed E-state index contributed by atoms with van der Waals surface area (Å²) >= 11 is 0. The predicted molar refractivity (Wildman–Crippen MR) is 56.1 cm³/mol. The minimum atomic E-state index is -0.542. The Hall–Kier alpha value is 0.0599. The maximum Gasteiger partial charge on any atom is 0.346 e. The molecule has 0 aliphatic heterocycles. The Balaban J connectivity index is 2.57. The molecule has 1 fully saturated rings. The van der Waals surface area contributed by atoms with E-state index in [1.165, 1.54) is 12.8 Å².